The molecule has 0 saturated heterocycles. The van der Waals surface area contributed by atoms with Crippen LogP contribution in [0.5, 0.6) is 5.75 Å². The summed E-state index contributed by atoms with van der Waals surface area (Å²) in [5, 5.41) is 11.4. The number of furan rings is 1. The summed E-state index contributed by atoms with van der Waals surface area (Å²) in [6, 6.07) is 34.2. The van der Waals surface area contributed by atoms with E-state index in [1.165, 1.54) is 5.56 Å². The van der Waals surface area contributed by atoms with E-state index in [0.29, 0.717) is 6.42 Å². The third-order valence-corrected chi connectivity index (χ3v) is 5.23. The van der Waals surface area contributed by atoms with Crippen molar-refractivity contribution in [1.29, 1.82) is 0 Å². The molecule has 140 valence electrons. The van der Waals surface area contributed by atoms with E-state index in [2.05, 4.69) is 30.3 Å². The molecule has 4 aromatic carbocycles. The van der Waals surface area contributed by atoms with Crippen LogP contribution in [-0.2, 0) is 6.42 Å². The van der Waals surface area contributed by atoms with Crippen molar-refractivity contribution >= 4 is 11.0 Å². The highest BCUT2D eigenvalue weighted by molar-refractivity contribution is 6.00. The lowest BCUT2D eigenvalue weighted by molar-refractivity contribution is 0.475. The van der Waals surface area contributed by atoms with Crippen LogP contribution in [0.1, 0.15) is 11.3 Å². The van der Waals surface area contributed by atoms with E-state index < -0.39 is 0 Å². The average Bonchev–Trinajstić information content (AvgIpc) is 3.12. The van der Waals surface area contributed by atoms with Gasteiger partial charge in [0.1, 0.15) is 17.1 Å². The van der Waals surface area contributed by atoms with Crippen LogP contribution in [0.4, 0.5) is 0 Å². The Bertz CT molecular complexity index is 1270. The van der Waals surface area contributed by atoms with Crippen LogP contribution in [-0.4, -0.2) is 5.11 Å². The van der Waals surface area contributed by atoms with Gasteiger partial charge in [0, 0.05) is 17.4 Å². The smallest absolute Gasteiger partial charge is 0.134 e. The van der Waals surface area contributed by atoms with Crippen molar-refractivity contribution in [3.05, 3.63) is 114 Å². The first-order valence-corrected chi connectivity index (χ1v) is 9.73. The maximum absolute atomic E-state index is 10.3. The van der Waals surface area contributed by atoms with Crippen LogP contribution in [0, 0.1) is 0 Å². The van der Waals surface area contributed by atoms with Crippen molar-refractivity contribution in [3.8, 4) is 28.0 Å². The predicted molar refractivity (Wildman–Crippen MR) is 118 cm³/mol. The first-order chi connectivity index (χ1) is 14.3. The Morgan fingerprint density at radius 3 is 2.14 bits per heavy atom. The van der Waals surface area contributed by atoms with Gasteiger partial charge in [-0.05, 0) is 40.5 Å². The summed E-state index contributed by atoms with van der Waals surface area (Å²) in [5.41, 5.74) is 6.25. The van der Waals surface area contributed by atoms with Crippen LogP contribution < -0.4 is 0 Å². The minimum Gasteiger partial charge on any atom is -0.508 e. The van der Waals surface area contributed by atoms with Gasteiger partial charge in [-0.3, -0.25) is 0 Å². The Kier molecular flexibility index (Phi) is 4.38. The molecule has 1 aromatic heterocycles. The fourth-order valence-electron chi connectivity index (χ4n) is 3.91. The molecule has 5 rings (SSSR count). The first kappa shape index (κ1) is 17.3. The molecule has 0 aliphatic heterocycles. The van der Waals surface area contributed by atoms with Gasteiger partial charge in [-0.25, -0.2) is 0 Å². The molecule has 1 heterocycles. The Morgan fingerprint density at radius 2 is 1.34 bits per heavy atom. The molecule has 0 spiro atoms. The summed E-state index contributed by atoms with van der Waals surface area (Å²) in [7, 11) is 0. The van der Waals surface area contributed by atoms with Gasteiger partial charge in [-0.1, -0.05) is 84.9 Å². The molecular formula is C27H20O2. The minimum atomic E-state index is 0.246. The number of phenolic OH excluding ortho intramolecular Hbond substituents is 1. The summed E-state index contributed by atoms with van der Waals surface area (Å²) < 4.78 is 6.31. The third kappa shape index (κ3) is 3.30. The second kappa shape index (κ2) is 7.33. The van der Waals surface area contributed by atoms with Crippen molar-refractivity contribution < 1.29 is 9.52 Å². The predicted octanol–water partition coefficient (Wildman–Crippen LogP) is 7.06. The lowest BCUT2D eigenvalue weighted by Crippen LogP contribution is -1.91. The Morgan fingerprint density at radius 1 is 0.655 bits per heavy atom. The van der Waals surface area contributed by atoms with E-state index in [4.69, 9.17) is 4.42 Å². The monoisotopic (exact) mass is 376 g/mol. The molecule has 2 heteroatoms. The normalized spacial score (nSPS) is 11.0. The molecule has 0 atom stereocenters. The van der Waals surface area contributed by atoms with E-state index in [9.17, 15) is 5.11 Å². The molecule has 0 aliphatic rings. The van der Waals surface area contributed by atoms with E-state index in [0.717, 1.165) is 39.0 Å². The molecule has 0 aliphatic carbocycles. The van der Waals surface area contributed by atoms with Crippen molar-refractivity contribution in [2.45, 2.75) is 6.42 Å². The lowest BCUT2D eigenvalue weighted by atomic mass is 9.91. The van der Waals surface area contributed by atoms with E-state index >= 15 is 0 Å². The van der Waals surface area contributed by atoms with Gasteiger partial charge in [0.2, 0.25) is 0 Å². The number of para-hydroxylation sites is 1. The van der Waals surface area contributed by atoms with E-state index in [1.54, 1.807) is 6.07 Å². The Balaban J connectivity index is 1.77. The molecule has 0 saturated carbocycles. The molecule has 29 heavy (non-hydrogen) atoms. The number of benzene rings is 4. The van der Waals surface area contributed by atoms with Gasteiger partial charge >= 0.3 is 0 Å². The summed E-state index contributed by atoms with van der Waals surface area (Å²) >= 11 is 0. The molecule has 0 radical (unpaired) electrons. The van der Waals surface area contributed by atoms with Crippen molar-refractivity contribution in [2.24, 2.45) is 0 Å². The highest BCUT2D eigenvalue weighted by atomic mass is 16.3. The van der Waals surface area contributed by atoms with Crippen LogP contribution in [0.2, 0.25) is 0 Å². The van der Waals surface area contributed by atoms with Gasteiger partial charge in [-0.15, -0.1) is 0 Å². The van der Waals surface area contributed by atoms with Gasteiger partial charge in [-0.2, -0.15) is 0 Å². The number of hydrogen-bond donors (Lipinski definition) is 1. The number of aromatic hydroxyl groups is 1. The van der Waals surface area contributed by atoms with Gasteiger partial charge in [0.15, 0.2) is 0 Å². The second-order valence-electron chi connectivity index (χ2n) is 7.15. The van der Waals surface area contributed by atoms with E-state index in [-0.39, 0.29) is 5.75 Å². The number of rotatable bonds is 4. The van der Waals surface area contributed by atoms with Crippen LogP contribution >= 0.6 is 0 Å². The van der Waals surface area contributed by atoms with Gasteiger partial charge in [0.25, 0.3) is 0 Å². The van der Waals surface area contributed by atoms with Crippen molar-refractivity contribution in [1.82, 2.24) is 0 Å². The topological polar surface area (TPSA) is 33.4 Å². The standard InChI is InChI=1S/C27H20O2/c28-21-15-16-22(20-11-5-2-6-12-20)24(18-21)27-23-13-7-8-14-25(23)29-26(27)17-19-9-3-1-4-10-19/h1-16,18,28H,17H2. The van der Waals surface area contributed by atoms with Gasteiger partial charge in [0.05, 0.1) is 0 Å². The zero-order valence-electron chi connectivity index (χ0n) is 15.9. The SMILES string of the molecule is Oc1ccc(-c2ccccc2)c(-c2c(Cc3ccccc3)oc3ccccc23)c1. The first-order valence-electron chi connectivity index (χ1n) is 9.73. The summed E-state index contributed by atoms with van der Waals surface area (Å²) in [4.78, 5) is 0. The highest BCUT2D eigenvalue weighted by Gasteiger charge is 2.20. The molecule has 0 unspecified atom stereocenters. The van der Waals surface area contributed by atoms with Crippen molar-refractivity contribution in [2.75, 3.05) is 0 Å². The Hall–Kier alpha value is -3.78. The minimum absolute atomic E-state index is 0.246. The molecule has 0 amide bonds. The number of phenols is 1. The zero-order chi connectivity index (χ0) is 19.6. The molecule has 1 N–H and O–H groups in total. The summed E-state index contributed by atoms with van der Waals surface area (Å²) in [5.74, 6) is 1.15. The lowest BCUT2D eigenvalue weighted by Gasteiger charge is -2.12. The maximum atomic E-state index is 10.3. The van der Waals surface area contributed by atoms with E-state index in [1.807, 2.05) is 66.7 Å². The number of fused-ring (bicyclic) bond motifs is 1. The maximum Gasteiger partial charge on any atom is 0.134 e. The average molecular weight is 376 g/mol. The molecular weight excluding hydrogens is 356 g/mol. The molecule has 5 aromatic rings. The Labute approximate surface area is 169 Å². The van der Waals surface area contributed by atoms with Crippen molar-refractivity contribution in [3.63, 3.8) is 0 Å². The molecule has 0 bridgehead atoms. The summed E-state index contributed by atoms with van der Waals surface area (Å²) in [6.45, 7) is 0. The zero-order valence-corrected chi connectivity index (χ0v) is 15.9. The summed E-state index contributed by atoms with van der Waals surface area (Å²) in [6.07, 6.45) is 0.689. The fraction of sp³-hybridized carbons (Fsp3) is 0.0370. The molecule has 2 nitrogen and oxygen atoms in total. The van der Waals surface area contributed by atoms with Crippen LogP contribution in [0.15, 0.2) is 108 Å². The van der Waals surface area contributed by atoms with Crippen LogP contribution in [0.25, 0.3) is 33.2 Å². The largest absolute Gasteiger partial charge is 0.508 e. The van der Waals surface area contributed by atoms with Crippen LogP contribution in [0.3, 0.4) is 0 Å². The second-order valence-corrected chi connectivity index (χ2v) is 7.15. The fourth-order valence-corrected chi connectivity index (χ4v) is 3.91. The molecule has 0 fully saturated rings. The van der Waals surface area contributed by atoms with Gasteiger partial charge < -0.3 is 9.52 Å². The third-order valence-electron chi connectivity index (χ3n) is 5.23. The number of hydrogen-bond acceptors (Lipinski definition) is 2. The highest BCUT2D eigenvalue weighted by Crippen LogP contribution is 2.42. The quantitative estimate of drug-likeness (QED) is 0.364.